The molecule has 1 aliphatic rings. The first kappa shape index (κ1) is 12.0. The highest BCUT2D eigenvalue weighted by molar-refractivity contribution is 5.81. The van der Waals surface area contributed by atoms with Crippen LogP contribution in [0.2, 0.25) is 0 Å². The quantitative estimate of drug-likeness (QED) is 0.724. The molecule has 84 valence electrons. The van der Waals surface area contributed by atoms with Gasteiger partial charge in [0, 0.05) is 6.04 Å². The molecule has 0 saturated heterocycles. The summed E-state index contributed by atoms with van der Waals surface area (Å²) in [6.45, 7) is 1.88. The molecule has 1 saturated carbocycles. The standard InChI is InChI=1S/C12H20N2O/c1-2-10(9-13)12(15)14-11-7-5-3-4-6-8-11/h10-11H,2-8H2,1H3,(H,14,15). The lowest BCUT2D eigenvalue weighted by atomic mass is 10.0. The van der Waals surface area contributed by atoms with Crippen molar-refractivity contribution in [2.75, 3.05) is 0 Å². The Balaban J connectivity index is 2.39. The lowest BCUT2D eigenvalue weighted by molar-refractivity contribution is -0.124. The molecule has 1 N–H and O–H groups in total. The summed E-state index contributed by atoms with van der Waals surface area (Å²) in [7, 11) is 0. The van der Waals surface area contributed by atoms with Gasteiger partial charge in [-0.2, -0.15) is 5.26 Å². The number of rotatable bonds is 3. The van der Waals surface area contributed by atoms with Gasteiger partial charge in [0.2, 0.25) is 5.91 Å². The zero-order chi connectivity index (χ0) is 11.1. The van der Waals surface area contributed by atoms with Gasteiger partial charge in [0.1, 0.15) is 5.92 Å². The third-order valence-corrected chi connectivity index (χ3v) is 3.08. The largest absolute Gasteiger partial charge is 0.352 e. The molecule has 0 aromatic heterocycles. The average molecular weight is 208 g/mol. The van der Waals surface area contributed by atoms with Gasteiger partial charge in [0.05, 0.1) is 6.07 Å². The molecule has 0 bridgehead atoms. The number of hydrogen-bond acceptors (Lipinski definition) is 2. The minimum Gasteiger partial charge on any atom is -0.352 e. The third kappa shape index (κ3) is 3.91. The maximum atomic E-state index is 11.7. The number of nitrogens with one attached hydrogen (secondary N) is 1. The van der Waals surface area contributed by atoms with Gasteiger partial charge in [-0.25, -0.2) is 0 Å². The first-order valence-corrected chi connectivity index (χ1v) is 5.98. The van der Waals surface area contributed by atoms with E-state index in [2.05, 4.69) is 5.32 Å². The van der Waals surface area contributed by atoms with Crippen LogP contribution in [-0.2, 0) is 4.79 Å². The van der Waals surface area contributed by atoms with E-state index in [0.717, 1.165) is 12.8 Å². The van der Waals surface area contributed by atoms with Gasteiger partial charge in [-0.1, -0.05) is 32.6 Å². The zero-order valence-corrected chi connectivity index (χ0v) is 9.46. The molecular formula is C12H20N2O. The summed E-state index contributed by atoms with van der Waals surface area (Å²) < 4.78 is 0. The molecule has 1 amide bonds. The number of nitrogens with zero attached hydrogens (tertiary/aromatic N) is 1. The summed E-state index contributed by atoms with van der Waals surface area (Å²) in [6.07, 6.45) is 7.72. The van der Waals surface area contributed by atoms with E-state index in [4.69, 9.17) is 5.26 Å². The van der Waals surface area contributed by atoms with Crippen molar-refractivity contribution in [3.8, 4) is 6.07 Å². The average Bonchev–Trinajstić information content (AvgIpc) is 2.48. The Morgan fingerprint density at radius 2 is 2.00 bits per heavy atom. The Morgan fingerprint density at radius 3 is 2.47 bits per heavy atom. The number of nitriles is 1. The van der Waals surface area contributed by atoms with Crippen LogP contribution in [0.5, 0.6) is 0 Å². The van der Waals surface area contributed by atoms with Crippen molar-refractivity contribution >= 4 is 5.91 Å². The van der Waals surface area contributed by atoms with Crippen LogP contribution in [0.25, 0.3) is 0 Å². The maximum absolute atomic E-state index is 11.7. The molecule has 3 nitrogen and oxygen atoms in total. The van der Waals surface area contributed by atoms with Crippen molar-refractivity contribution in [3.63, 3.8) is 0 Å². The second-order valence-electron chi connectivity index (χ2n) is 4.29. The number of carbonyl (C=O) groups excluding carboxylic acids is 1. The van der Waals surface area contributed by atoms with E-state index in [1.165, 1.54) is 25.7 Å². The summed E-state index contributed by atoms with van der Waals surface area (Å²) in [5.41, 5.74) is 0. The molecule has 1 unspecified atom stereocenters. The lowest BCUT2D eigenvalue weighted by Gasteiger charge is -2.17. The molecule has 0 aromatic rings. The fraction of sp³-hybridized carbons (Fsp3) is 0.833. The van der Waals surface area contributed by atoms with E-state index in [1.54, 1.807) is 0 Å². The van der Waals surface area contributed by atoms with Crippen molar-refractivity contribution in [1.29, 1.82) is 5.26 Å². The van der Waals surface area contributed by atoms with Crippen LogP contribution in [0, 0.1) is 17.2 Å². The SMILES string of the molecule is CCC(C#N)C(=O)NC1CCCCCC1. The van der Waals surface area contributed by atoms with Crippen molar-refractivity contribution in [2.45, 2.75) is 57.9 Å². The molecule has 1 atom stereocenters. The predicted octanol–water partition coefficient (Wildman–Crippen LogP) is 2.38. The van der Waals surface area contributed by atoms with Crippen LogP contribution in [0.1, 0.15) is 51.9 Å². The molecular weight excluding hydrogens is 188 g/mol. The van der Waals surface area contributed by atoms with Gasteiger partial charge in [-0.05, 0) is 19.3 Å². The van der Waals surface area contributed by atoms with E-state index < -0.39 is 5.92 Å². The molecule has 0 heterocycles. The Hall–Kier alpha value is -1.04. The van der Waals surface area contributed by atoms with Crippen LogP contribution in [0.4, 0.5) is 0 Å². The lowest BCUT2D eigenvalue weighted by Crippen LogP contribution is -2.38. The molecule has 3 heteroatoms. The van der Waals surface area contributed by atoms with Gasteiger partial charge < -0.3 is 5.32 Å². The highest BCUT2D eigenvalue weighted by Crippen LogP contribution is 2.17. The highest BCUT2D eigenvalue weighted by Gasteiger charge is 2.20. The van der Waals surface area contributed by atoms with Crippen LogP contribution < -0.4 is 5.32 Å². The highest BCUT2D eigenvalue weighted by atomic mass is 16.1. The molecule has 0 aromatic carbocycles. The minimum atomic E-state index is -0.465. The molecule has 0 spiro atoms. The second-order valence-corrected chi connectivity index (χ2v) is 4.29. The van der Waals surface area contributed by atoms with E-state index in [-0.39, 0.29) is 5.91 Å². The van der Waals surface area contributed by atoms with Crippen molar-refractivity contribution in [1.82, 2.24) is 5.32 Å². The van der Waals surface area contributed by atoms with Crippen LogP contribution in [0.3, 0.4) is 0 Å². The maximum Gasteiger partial charge on any atom is 0.237 e. The normalized spacial score (nSPS) is 20.0. The fourth-order valence-corrected chi connectivity index (χ4v) is 2.06. The monoisotopic (exact) mass is 208 g/mol. The topological polar surface area (TPSA) is 52.9 Å². The van der Waals surface area contributed by atoms with E-state index in [0.29, 0.717) is 12.5 Å². The van der Waals surface area contributed by atoms with Gasteiger partial charge >= 0.3 is 0 Å². The summed E-state index contributed by atoms with van der Waals surface area (Å²) >= 11 is 0. The summed E-state index contributed by atoms with van der Waals surface area (Å²) in [4.78, 5) is 11.7. The number of hydrogen-bond donors (Lipinski definition) is 1. The predicted molar refractivity (Wildman–Crippen MR) is 59.0 cm³/mol. The summed E-state index contributed by atoms with van der Waals surface area (Å²) in [5.74, 6) is -0.542. The molecule has 1 rings (SSSR count). The smallest absolute Gasteiger partial charge is 0.237 e. The third-order valence-electron chi connectivity index (χ3n) is 3.08. The molecule has 0 aliphatic heterocycles. The Kier molecular flexibility index (Phi) is 5.17. The molecule has 1 aliphatic carbocycles. The van der Waals surface area contributed by atoms with E-state index in [1.807, 2.05) is 13.0 Å². The summed E-state index contributed by atoms with van der Waals surface area (Å²) in [5, 5.41) is 11.8. The van der Waals surface area contributed by atoms with Gasteiger partial charge in [0.25, 0.3) is 0 Å². The number of carbonyl (C=O) groups is 1. The zero-order valence-electron chi connectivity index (χ0n) is 9.46. The van der Waals surface area contributed by atoms with Gasteiger partial charge in [-0.15, -0.1) is 0 Å². The second kappa shape index (κ2) is 6.44. The first-order chi connectivity index (χ1) is 7.27. The van der Waals surface area contributed by atoms with Crippen molar-refractivity contribution < 1.29 is 4.79 Å². The van der Waals surface area contributed by atoms with Crippen molar-refractivity contribution in [2.24, 2.45) is 5.92 Å². The molecule has 1 fully saturated rings. The van der Waals surface area contributed by atoms with Crippen LogP contribution in [-0.4, -0.2) is 11.9 Å². The van der Waals surface area contributed by atoms with Crippen molar-refractivity contribution in [3.05, 3.63) is 0 Å². The Morgan fingerprint density at radius 1 is 1.40 bits per heavy atom. The summed E-state index contributed by atoms with van der Waals surface area (Å²) in [6, 6.07) is 2.35. The van der Waals surface area contributed by atoms with Gasteiger partial charge in [-0.3, -0.25) is 4.79 Å². The first-order valence-electron chi connectivity index (χ1n) is 5.98. The molecule has 15 heavy (non-hydrogen) atoms. The van der Waals surface area contributed by atoms with E-state index >= 15 is 0 Å². The Bertz CT molecular complexity index is 236. The van der Waals surface area contributed by atoms with Gasteiger partial charge in [0.15, 0.2) is 0 Å². The van der Waals surface area contributed by atoms with E-state index in [9.17, 15) is 4.79 Å². The Labute approximate surface area is 91.9 Å². The van der Waals surface area contributed by atoms with Crippen LogP contribution >= 0.6 is 0 Å². The molecule has 0 radical (unpaired) electrons. The van der Waals surface area contributed by atoms with Crippen LogP contribution in [0.15, 0.2) is 0 Å². The number of amides is 1. The fourth-order valence-electron chi connectivity index (χ4n) is 2.06. The minimum absolute atomic E-state index is 0.0769.